The second-order valence-electron chi connectivity index (χ2n) is 5.60. The zero-order valence-corrected chi connectivity index (χ0v) is 13.6. The number of imide groups is 1. The fourth-order valence-electron chi connectivity index (χ4n) is 2.68. The van der Waals surface area contributed by atoms with Gasteiger partial charge < -0.3 is 5.32 Å². The lowest BCUT2D eigenvalue weighted by Gasteiger charge is -2.09. The molecule has 0 saturated carbocycles. The SMILES string of the molecule is C=CCN1C(=O)c2ccc(C(=O)NCCc3ccccn3)cc2C1=O. The summed E-state index contributed by atoms with van der Waals surface area (Å²) < 4.78 is 0. The third kappa shape index (κ3) is 3.33. The van der Waals surface area contributed by atoms with Crippen LogP contribution >= 0.6 is 0 Å². The van der Waals surface area contributed by atoms with Gasteiger partial charge in [-0.3, -0.25) is 24.3 Å². The first kappa shape index (κ1) is 16.6. The van der Waals surface area contributed by atoms with Crippen LogP contribution in [0.2, 0.25) is 0 Å². The quantitative estimate of drug-likeness (QED) is 0.645. The van der Waals surface area contributed by atoms with E-state index in [0.29, 0.717) is 24.1 Å². The van der Waals surface area contributed by atoms with E-state index in [9.17, 15) is 14.4 Å². The molecule has 1 aromatic heterocycles. The lowest BCUT2D eigenvalue weighted by atomic mass is 10.1. The number of amides is 3. The van der Waals surface area contributed by atoms with Crippen molar-refractivity contribution in [2.75, 3.05) is 13.1 Å². The summed E-state index contributed by atoms with van der Waals surface area (Å²) in [7, 11) is 0. The Labute approximate surface area is 145 Å². The standard InChI is InChI=1S/C19H17N3O3/c1-2-11-22-18(24)15-7-6-13(12-16(15)19(22)25)17(23)21-10-8-14-5-3-4-9-20-14/h2-7,9,12H,1,8,10-11H2,(H,21,23). The van der Waals surface area contributed by atoms with Gasteiger partial charge in [0.2, 0.25) is 0 Å². The molecule has 6 nitrogen and oxygen atoms in total. The average molecular weight is 335 g/mol. The van der Waals surface area contributed by atoms with Crippen molar-refractivity contribution in [3.63, 3.8) is 0 Å². The molecule has 6 heteroatoms. The second-order valence-corrected chi connectivity index (χ2v) is 5.60. The minimum absolute atomic E-state index is 0.151. The second kappa shape index (κ2) is 7.09. The minimum atomic E-state index is -0.400. The molecule has 0 fully saturated rings. The molecule has 2 heterocycles. The van der Waals surface area contributed by atoms with Crippen molar-refractivity contribution in [1.82, 2.24) is 15.2 Å². The van der Waals surface area contributed by atoms with Crippen LogP contribution in [-0.2, 0) is 6.42 Å². The maximum atomic E-state index is 12.3. The van der Waals surface area contributed by atoms with Crippen molar-refractivity contribution < 1.29 is 14.4 Å². The van der Waals surface area contributed by atoms with Gasteiger partial charge >= 0.3 is 0 Å². The van der Waals surface area contributed by atoms with Gasteiger partial charge in [-0.25, -0.2) is 0 Å². The number of nitrogens with one attached hydrogen (secondary N) is 1. The van der Waals surface area contributed by atoms with Gasteiger partial charge in [-0.2, -0.15) is 0 Å². The van der Waals surface area contributed by atoms with E-state index in [0.717, 1.165) is 10.6 Å². The molecule has 25 heavy (non-hydrogen) atoms. The van der Waals surface area contributed by atoms with Gasteiger partial charge in [0.25, 0.3) is 17.7 Å². The van der Waals surface area contributed by atoms with E-state index in [1.54, 1.807) is 12.3 Å². The molecule has 0 radical (unpaired) electrons. The summed E-state index contributed by atoms with van der Waals surface area (Å²) in [6.07, 6.45) is 3.81. The van der Waals surface area contributed by atoms with E-state index < -0.39 is 5.91 Å². The number of hydrogen-bond donors (Lipinski definition) is 1. The molecule has 1 aromatic carbocycles. The lowest BCUT2D eigenvalue weighted by molar-refractivity contribution is 0.0672. The lowest BCUT2D eigenvalue weighted by Crippen LogP contribution is -2.29. The molecule has 3 amide bonds. The summed E-state index contributed by atoms with van der Waals surface area (Å²) >= 11 is 0. The largest absolute Gasteiger partial charge is 0.352 e. The average Bonchev–Trinajstić information content (AvgIpc) is 2.87. The van der Waals surface area contributed by atoms with E-state index in [1.807, 2.05) is 18.2 Å². The molecule has 2 aromatic rings. The molecule has 1 aliphatic rings. The molecule has 3 rings (SSSR count). The summed E-state index contributed by atoms with van der Waals surface area (Å²) in [6.45, 7) is 4.13. The van der Waals surface area contributed by atoms with Crippen molar-refractivity contribution >= 4 is 17.7 Å². The number of rotatable bonds is 6. The zero-order valence-electron chi connectivity index (χ0n) is 13.6. The van der Waals surface area contributed by atoms with Crippen molar-refractivity contribution in [1.29, 1.82) is 0 Å². The van der Waals surface area contributed by atoms with Gasteiger partial charge in [0.15, 0.2) is 0 Å². The molecule has 0 bridgehead atoms. The van der Waals surface area contributed by atoms with Crippen LogP contribution in [-0.4, -0.2) is 40.7 Å². The summed E-state index contributed by atoms with van der Waals surface area (Å²) in [5.74, 6) is -1.05. The first-order valence-corrected chi connectivity index (χ1v) is 7.91. The summed E-state index contributed by atoms with van der Waals surface area (Å²) in [6, 6.07) is 10.2. The van der Waals surface area contributed by atoms with Gasteiger partial charge in [0.05, 0.1) is 11.1 Å². The normalized spacial score (nSPS) is 12.9. The third-order valence-electron chi connectivity index (χ3n) is 3.94. The molecule has 0 unspecified atom stereocenters. The molecule has 0 aliphatic carbocycles. The molecule has 126 valence electrons. The number of fused-ring (bicyclic) bond motifs is 1. The van der Waals surface area contributed by atoms with Crippen LogP contribution in [0.3, 0.4) is 0 Å². The van der Waals surface area contributed by atoms with Crippen LogP contribution in [0.15, 0.2) is 55.3 Å². The number of hydrogen-bond acceptors (Lipinski definition) is 4. The van der Waals surface area contributed by atoms with Crippen molar-refractivity contribution in [3.05, 3.63) is 77.6 Å². The number of pyridine rings is 1. The predicted octanol–water partition coefficient (Wildman–Crippen LogP) is 1.84. The Bertz CT molecular complexity index is 846. The summed E-state index contributed by atoms with van der Waals surface area (Å²) in [4.78, 5) is 42.0. The maximum absolute atomic E-state index is 12.3. The van der Waals surface area contributed by atoms with Crippen LogP contribution in [0.25, 0.3) is 0 Å². The Kier molecular flexibility index (Phi) is 4.70. The van der Waals surface area contributed by atoms with E-state index in [4.69, 9.17) is 0 Å². The Morgan fingerprint density at radius 1 is 1.16 bits per heavy atom. The minimum Gasteiger partial charge on any atom is -0.352 e. The summed E-state index contributed by atoms with van der Waals surface area (Å²) in [5.41, 5.74) is 1.81. The fraction of sp³-hybridized carbons (Fsp3) is 0.158. The zero-order chi connectivity index (χ0) is 17.8. The first-order valence-electron chi connectivity index (χ1n) is 7.91. The van der Waals surface area contributed by atoms with E-state index in [1.165, 1.54) is 18.2 Å². The van der Waals surface area contributed by atoms with Gasteiger partial charge in [-0.1, -0.05) is 12.1 Å². The topological polar surface area (TPSA) is 79.4 Å². The van der Waals surface area contributed by atoms with Gasteiger partial charge in [0, 0.05) is 37.0 Å². The van der Waals surface area contributed by atoms with Crippen molar-refractivity contribution in [3.8, 4) is 0 Å². The van der Waals surface area contributed by atoms with Gasteiger partial charge in [-0.15, -0.1) is 6.58 Å². The highest BCUT2D eigenvalue weighted by Gasteiger charge is 2.35. The Morgan fingerprint density at radius 3 is 2.68 bits per heavy atom. The Balaban J connectivity index is 1.68. The number of carbonyl (C=O) groups excluding carboxylic acids is 3. The van der Waals surface area contributed by atoms with Crippen LogP contribution in [0.1, 0.15) is 36.8 Å². The monoisotopic (exact) mass is 335 g/mol. The highest BCUT2D eigenvalue weighted by molar-refractivity contribution is 6.22. The van der Waals surface area contributed by atoms with Crippen LogP contribution in [0.5, 0.6) is 0 Å². The number of nitrogens with zero attached hydrogens (tertiary/aromatic N) is 2. The van der Waals surface area contributed by atoms with Crippen LogP contribution < -0.4 is 5.32 Å². The van der Waals surface area contributed by atoms with E-state index in [2.05, 4.69) is 16.9 Å². The number of carbonyl (C=O) groups is 3. The van der Waals surface area contributed by atoms with Crippen molar-refractivity contribution in [2.45, 2.75) is 6.42 Å². The van der Waals surface area contributed by atoms with Crippen LogP contribution in [0.4, 0.5) is 0 Å². The van der Waals surface area contributed by atoms with Gasteiger partial charge in [-0.05, 0) is 30.3 Å². The van der Waals surface area contributed by atoms with Crippen molar-refractivity contribution in [2.24, 2.45) is 0 Å². The molecule has 1 aliphatic heterocycles. The maximum Gasteiger partial charge on any atom is 0.261 e. The highest BCUT2D eigenvalue weighted by atomic mass is 16.2. The molecule has 1 N–H and O–H groups in total. The Morgan fingerprint density at radius 2 is 1.96 bits per heavy atom. The van der Waals surface area contributed by atoms with E-state index >= 15 is 0 Å². The molecule has 0 saturated heterocycles. The van der Waals surface area contributed by atoms with E-state index in [-0.39, 0.29) is 23.9 Å². The molecule has 0 spiro atoms. The number of benzene rings is 1. The number of aromatic nitrogens is 1. The molecular weight excluding hydrogens is 318 g/mol. The summed E-state index contributed by atoms with van der Waals surface area (Å²) in [5, 5.41) is 2.80. The smallest absolute Gasteiger partial charge is 0.261 e. The highest BCUT2D eigenvalue weighted by Crippen LogP contribution is 2.23. The molecular formula is C19H17N3O3. The van der Waals surface area contributed by atoms with Crippen LogP contribution in [0, 0.1) is 0 Å². The predicted molar refractivity (Wildman–Crippen MR) is 92.3 cm³/mol. The fourth-order valence-corrected chi connectivity index (χ4v) is 2.68. The molecule has 0 atom stereocenters. The Hall–Kier alpha value is -3.28. The third-order valence-corrected chi connectivity index (χ3v) is 3.94. The first-order chi connectivity index (χ1) is 12.1. The van der Waals surface area contributed by atoms with Gasteiger partial charge in [0.1, 0.15) is 0 Å².